The third kappa shape index (κ3) is 5.52. The molecule has 1 atom stereocenters. The summed E-state index contributed by atoms with van der Waals surface area (Å²) in [6, 6.07) is 13.3. The molecule has 0 saturated carbocycles. The Kier molecular flexibility index (Phi) is 7.03. The van der Waals surface area contributed by atoms with Gasteiger partial charge in [-0.15, -0.1) is 0 Å². The summed E-state index contributed by atoms with van der Waals surface area (Å²) in [5.74, 6) is -0.461. The normalized spacial score (nSPS) is 17.3. The lowest BCUT2D eigenvalue weighted by atomic mass is 10.1. The van der Waals surface area contributed by atoms with Crippen molar-refractivity contribution in [2.24, 2.45) is 0 Å². The molecule has 4 aromatic rings. The molecule has 39 heavy (non-hydrogen) atoms. The predicted molar refractivity (Wildman–Crippen MR) is 144 cm³/mol. The summed E-state index contributed by atoms with van der Waals surface area (Å²) >= 11 is 5.82. The summed E-state index contributed by atoms with van der Waals surface area (Å²) in [5, 5.41) is 9.79. The number of rotatable bonds is 9. The van der Waals surface area contributed by atoms with Crippen LogP contribution in [0.4, 0.5) is 4.39 Å². The third-order valence-corrected chi connectivity index (χ3v) is 7.30. The van der Waals surface area contributed by atoms with Crippen LogP contribution in [0.15, 0.2) is 60.8 Å². The summed E-state index contributed by atoms with van der Waals surface area (Å²) in [5.41, 5.74) is 4.71. The van der Waals surface area contributed by atoms with Gasteiger partial charge in [0.25, 0.3) is 0 Å². The van der Waals surface area contributed by atoms with E-state index in [-0.39, 0.29) is 24.0 Å². The SMILES string of the molecule is O=C(O)c1ccc2nc(CN3CC=C(c4ccnc(COc5ccc(Cl)cc5F)c4)C3)n(C[C@@H]3CCO3)c2c1. The highest BCUT2D eigenvalue weighted by Gasteiger charge is 2.24. The number of aromatic carboxylic acids is 1. The van der Waals surface area contributed by atoms with Crippen LogP contribution in [0, 0.1) is 5.82 Å². The topological polar surface area (TPSA) is 89.7 Å². The van der Waals surface area contributed by atoms with Gasteiger partial charge in [0.15, 0.2) is 11.6 Å². The van der Waals surface area contributed by atoms with Crippen LogP contribution in [-0.2, 0) is 24.4 Å². The second kappa shape index (κ2) is 10.8. The minimum Gasteiger partial charge on any atom is -0.484 e. The molecule has 2 aliphatic heterocycles. The van der Waals surface area contributed by atoms with Crippen molar-refractivity contribution in [1.82, 2.24) is 19.4 Å². The van der Waals surface area contributed by atoms with Crippen LogP contribution in [0.2, 0.25) is 5.02 Å². The highest BCUT2D eigenvalue weighted by molar-refractivity contribution is 6.30. The smallest absolute Gasteiger partial charge is 0.335 e. The van der Waals surface area contributed by atoms with Gasteiger partial charge in [-0.2, -0.15) is 0 Å². The molecule has 4 heterocycles. The molecular weight excluding hydrogens is 523 g/mol. The Labute approximate surface area is 229 Å². The Hall–Kier alpha value is -3.79. The van der Waals surface area contributed by atoms with Crippen LogP contribution in [0.5, 0.6) is 5.75 Å². The number of halogens is 2. The van der Waals surface area contributed by atoms with Crippen molar-refractivity contribution in [3.05, 3.63) is 94.3 Å². The molecular formula is C29H26ClFN4O4. The zero-order valence-corrected chi connectivity index (χ0v) is 21.8. The first-order valence-corrected chi connectivity index (χ1v) is 13.1. The number of pyridine rings is 1. The van der Waals surface area contributed by atoms with E-state index in [1.807, 2.05) is 12.1 Å². The van der Waals surface area contributed by atoms with Gasteiger partial charge in [-0.3, -0.25) is 9.88 Å². The first-order chi connectivity index (χ1) is 18.9. The first kappa shape index (κ1) is 25.5. The minimum absolute atomic E-state index is 0.112. The van der Waals surface area contributed by atoms with E-state index in [1.165, 1.54) is 12.1 Å². The van der Waals surface area contributed by atoms with Crippen LogP contribution in [0.1, 0.15) is 33.9 Å². The second-order valence-electron chi connectivity index (χ2n) is 9.73. The average molecular weight is 549 g/mol. The van der Waals surface area contributed by atoms with Crippen molar-refractivity contribution in [3.63, 3.8) is 0 Å². The molecule has 0 amide bonds. The van der Waals surface area contributed by atoms with E-state index in [9.17, 15) is 14.3 Å². The number of aromatic nitrogens is 3. The van der Waals surface area contributed by atoms with Crippen LogP contribution >= 0.6 is 11.6 Å². The molecule has 2 aliphatic rings. The lowest BCUT2D eigenvalue weighted by Gasteiger charge is -2.28. The van der Waals surface area contributed by atoms with Crippen LogP contribution in [-0.4, -0.2) is 56.3 Å². The standard InChI is InChI=1S/C29H26ClFN4O4/c30-21-2-4-27(24(31)13-21)39-17-22-11-18(5-8-32-22)20-6-9-34(14-20)16-28-33-25-3-1-19(29(36)37)12-26(25)35(28)15-23-7-10-38-23/h1-6,8,11-13,23H,7,9-10,14-17H2,(H,36,37)/t23-/m0/s1. The number of carboxylic acids is 1. The Morgan fingerprint density at radius 2 is 2.08 bits per heavy atom. The zero-order chi connectivity index (χ0) is 26.9. The molecule has 2 aromatic heterocycles. The number of nitrogens with zero attached hydrogens (tertiary/aromatic N) is 4. The number of ether oxygens (including phenoxy) is 2. The van der Waals surface area contributed by atoms with Gasteiger partial charge >= 0.3 is 5.97 Å². The van der Waals surface area contributed by atoms with Crippen molar-refractivity contribution in [2.45, 2.75) is 32.2 Å². The molecule has 0 spiro atoms. The molecule has 0 bridgehead atoms. The van der Waals surface area contributed by atoms with Crippen molar-refractivity contribution >= 4 is 34.2 Å². The molecule has 1 fully saturated rings. The van der Waals surface area contributed by atoms with Crippen molar-refractivity contribution in [3.8, 4) is 5.75 Å². The number of imidazole rings is 1. The Bertz CT molecular complexity index is 1580. The third-order valence-electron chi connectivity index (χ3n) is 7.07. The Morgan fingerprint density at radius 1 is 1.21 bits per heavy atom. The summed E-state index contributed by atoms with van der Waals surface area (Å²) in [6.45, 7) is 3.61. The quantitative estimate of drug-likeness (QED) is 0.308. The van der Waals surface area contributed by atoms with Crippen molar-refractivity contribution in [2.75, 3.05) is 19.7 Å². The highest BCUT2D eigenvalue weighted by Crippen LogP contribution is 2.27. The number of carbonyl (C=O) groups is 1. The van der Waals surface area contributed by atoms with Crippen molar-refractivity contribution in [1.29, 1.82) is 0 Å². The van der Waals surface area contributed by atoms with E-state index < -0.39 is 11.8 Å². The number of fused-ring (bicyclic) bond motifs is 1. The van der Waals surface area contributed by atoms with E-state index in [1.54, 1.807) is 30.5 Å². The monoisotopic (exact) mass is 548 g/mol. The first-order valence-electron chi connectivity index (χ1n) is 12.7. The highest BCUT2D eigenvalue weighted by atomic mass is 35.5. The molecule has 200 valence electrons. The fraction of sp³-hybridized carbons (Fsp3) is 0.276. The Morgan fingerprint density at radius 3 is 2.85 bits per heavy atom. The molecule has 2 aromatic carbocycles. The largest absolute Gasteiger partial charge is 0.484 e. The van der Waals surface area contributed by atoms with Gasteiger partial charge in [-0.25, -0.2) is 14.2 Å². The number of hydrogen-bond donors (Lipinski definition) is 1. The van der Waals surface area contributed by atoms with Crippen LogP contribution < -0.4 is 4.74 Å². The van der Waals surface area contributed by atoms with Gasteiger partial charge in [0.1, 0.15) is 12.4 Å². The van der Waals surface area contributed by atoms with Gasteiger partial charge < -0.3 is 19.1 Å². The summed E-state index contributed by atoms with van der Waals surface area (Å²) in [7, 11) is 0. The van der Waals surface area contributed by atoms with Gasteiger partial charge in [0, 0.05) is 30.9 Å². The zero-order valence-electron chi connectivity index (χ0n) is 21.0. The molecule has 0 unspecified atom stereocenters. The van der Waals surface area contributed by atoms with Gasteiger partial charge in [0.2, 0.25) is 0 Å². The lowest BCUT2D eigenvalue weighted by molar-refractivity contribution is -0.0591. The Balaban J connectivity index is 1.16. The fourth-order valence-corrected chi connectivity index (χ4v) is 5.06. The number of benzene rings is 2. The molecule has 0 aliphatic carbocycles. The predicted octanol–water partition coefficient (Wildman–Crippen LogP) is 5.19. The maximum Gasteiger partial charge on any atom is 0.335 e. The van der Waals surface area contributed by atoms with E-state index in [0.717, 1.165) is 54.1 Å². The maximum absolute atomic E-state index is 14.1. The average Bonchev–Trinajstić information content (AvgIpc) is 3.50. The minimum atomic E-state index is -0.958. The molecule has 0 radical (unpaired) electrons. The van der Waals surface area contributed by atoms with Crippen LogP contribution in [0.25, 0.3) is 16.6 Å². The number of carboxylic acid groups (broad SMARTS) is 1. The van der Waals surface area contributed by atoms with Gasteiger partial charge in [-0.05, 0) is 66.1 Å². The van der Waals surface area contributed by atoms with Gasteiger partial charge in [0.05, 0.1) is 41.5 Å². The van der Waals surface area contributed by atoms with Crippen LogP contribution in [0.3, 0.4) is 0 Å². The van der Waals surface area contributed by atoms with E-state index in [0.29, 0.717) is 23.8 Å². The molecule has 6 rings (SSSR count). The summed E-state index contributed by atoms with van der Waals surface area (Å²) in [6.07, 6.45) is 5.00. The molecule has 1 N–H and O–H groups in total. The maximum atomic E-state index is 14.1. The van der Waals surface area contributed by atoms with Crippen molar-refractivity contribution < 1.29 is 23.8 Å². The van der Waals surface area contributed by atoms with E-state index in [4.69, 9.17) is 26.1 Å². The molecule has 8 nitrogen and oxygen atoms in total. The number of hydrogen-bond acceptors (Lipinski definition) is 6. The lowest BCUT2D eigenvalue weighted by Crippen LogP contribution is -2.32. The second-order valence-corrected chi connectivity index (χ2v) is 10.2. The summed E-state index contributed by atoms with van der Waals surface area (Å²) in [4.78, 5) is 23.1. The van der Waals surface area contributed by atoms with E-state index in [2.05, 4.69) is 20.5 Å². The molecule has 1 saturated heterocycles. The fourth-order valence-electron chi connectivity index (χ4n) is 4.90. The van der Waals surface area contributed by atoms with E-state index >= 15 is 0 Å². The van der Waals surface area contributed by atoms with Gasteiger partial charge in [-0.1, -0.05) is 17.7 Å². The molecule has 10 heteroatoms. The summed E-state index contributed by atoms with van der Waals surface area (Å²) < 4.78 is 27.5.